The molecule has 0 aliphatic rings. The SMILES string of the molecule is CC(Nc1nccc(Nc2cccc(Cl)c2Cl)n1)c1ccccc1. The second-order valence-corrected chi connectivity index (χ2v) is 6.05. The Hall–Kier alpha value is -2.30. The zero-order valence-corrected chi connectivity index (χ0v) is 14.5. The summed E-state index contributed by atoms with van der Waals surface area (Å²) in [5.41, 5.74) is 1.86. The van der Waals surface area contributed by atoms with Crippen molar-refractivity contribution < 1.29 is 0 Å². The maximum Gasteiger partial charge on any atom is 0.225 e. The molecule has 2 N–H and O–H groups in total. The molecule has 0 fully saturated rings. The fourth-order valence-electron chi connectivity index (χ4n) is 2.25. The van der Waals surface area contributed by atoms with Gasteiger partial charge in [-0.1, -0.05) is 59.6 Å². The monoisotopic (exact) mass is 358 g/mol. The molecule has 0 bridgehead atoms. The summed E-state index contributed by atoms with van der Waals surface area (Å²) in [5.74, 6) is 1.17. The van der Waals surface area contributed by atoms with Crippen molar-refractivity contribution in [2.45, 2.75) is 13.0 Å². The quantitative estimate of drug-likeness (QED) is 0.614. The van der Waals surface area contributed by atoms with Gasteiger partial charge in [-0.2, -0.15) is 4.98 Å². The third-order valence-electron chi connectivity index (χ3n) is 3.52. The average molecular weight is 359 g/mol. The zero-order valence-electron chi connectivity index (χ0n) is 13.0. The van der Waals surface area contributed by atoms with Crippen LogP contribution in [-0.4, -0.2) is 9.97 Å². The molecule has 0 aliphatic carbocycles. The highest BCUT2D eigenvalue weighted by Crippen LogP contribution is 2.31. The lowest BCUT2D eigenvalue weighted by molar-refractivity contribution is 0.861. The lowest BCUT2D eigenvalue weighted by Crippen LogP contribution is -2.10. The highest BCUT2D eigenvalue weighted by Gasteiger charge is 2.09. The van der Waals surface area contributed by atoms with Crippen LogP contribution in [0.3, 0.4) is 0 Å². The van der Waals surface area contributed by atoms with Crippen LogP contribution in [0.1, 0.15) is 18.5 Å². The Labute approximate surface area is 150 Å². The van der Waals surface area contributed by atoms with Crippen LogP contribution in [0.2, 0.25) is 10.0 Å². The Balaban J connectivity index is 1.76. The van der Waals surface area contributed by atoms with E-state index in [4.69, 9.17) is 23.2 Å². The molecule has 0 spiro atoms. The van der Waals surface area contributed by atoms with Gasteiger partial charge in [0, 0.05) is 6.20 Å². The molecule has 24 heavy (non-hydrogen) atoms. The van der Waals surface area contributed by atoms with Gasteiger partial charge in [0.05, 0.1) is 21.8 Å². The van der Waals surface area contributed by atoms with E-state index in [1.54, 1.807) is 18.3 Å². The Morgan fingerprint density at radius 1 is 0.958 bits per heavy atom. The second-order valence-electron chi connectivity index (χ2n) is 5.27. The summed E-state index contributed by atoms with van der Waals surface area (Å²) in [6.45, 7) is 2.06. The van der Waals surface area contributed by atoms with Crippen molar-refractivity contribution in [2.75, 3.05) is 10.6 Å². The van der Waals surface area contributed by atoms with Crippen LogP contribution in [0.25, 0.3) is 0 Å². The van der Waals surface area contributed by atoms with Crippen LogP contribution < -0.4 is 10.6 Å². The van der Waals surface area contributed by atoms with Crippen molar-refractivity contribution in [2.24, 2.45) is 0 Å². The molecule has 1 unspecified atom stereocenters. The standard InChI is InChI=1S/C18H16Cl2N4/c1-12(13-6-3-2-4-7-13)22-18-21-11-10-16(24-18)23-15-9-5-8-14(19)17(15)20/h2-12H,1H3,(H2,21,22,23,24). The molecule has 4 nitrogen and oxygen atoms in total. The molecule has 0 saturated heterocycles. The normalized spacial score (nSPS) is 11.8. The predicted octanol–water partition coefficient (Wildman–Crippen LogP) is 5.70. The van der Waals surface area contributed by atoms with E-state index in [9.17, 15) is 0 Å². The van der Waals surface area contributed by atoms with Gasteiger partial charge < -0.3 is 10.6 Å². The number of aromatic nitrogens is 2. The van der Waals surface area contributed by atoms with Crippen molar-refractivity contribution in [3.63, 3.8) is 0 Å². The fourth-order valence-corrected chi connectivity index (χ4v) is 2.60. The number of halogens is 2. The molecular formula is C18H16Cl2N4. The van der Waals surface area contributed by atoms with Gasteiger partial charge >= 0.3 is 0 Å². The molecule has 1 atom stereocenters. The number of hydrogen-bond acceptors (Lipinski definition) is 4. The third-order valence-corrected chi connectivity index (χ3v) is 4.33. The first-order chi connectivity index (χ1) is 11.6. The Kier molecular flexibility index (Phi) is 5.18. The van der Waals surface area contributed by atoms with Gasteiger partial charge in [-0.15, -0.1) is 0 Å². The van der Waals surface area contributed by atoms with E-state index in [2.05, 4.69) is 39.7 Å². The maximum atomic E-state index is 6.19. The van der Waals surface area contributed by atoms with Crippen molar-refractivity contribution in [1.82, 2.24) is 9.97 Å². The number of nitrogens with one attached hydrogen (secondary N) is 2. The third kappa shape index (κ3) is 3.96. The van der Waals surface area contributed by atoms with E-state index in [0.717, 1.165) is 5.56 Å². The van der Waals surface area contributed by atoms with Gasteiger partial charge in [-0.05, 0) is 30.7 Å². The minimum Gasteiger partial charge on any atom is -0.348 e. The van der Waals surface area contributed by atoms with Gasteiger partial charge in [0.1, 0.15) is 5.82 Å². The molecule has 6 heteroatoms. The van der Waals surface area contributed by atoms with Gasteiger partial charge in [0.2, 0.25) is 5.95 Å². The summed E-state index contributed by atoms with van der Waals surface area (Å²) in [6, 6.07) is 17.4. The van der Waals surface area contributed by atoms with Crippen molar-refractivity contribution in [1.29, 1.82) is 0 Å². The van der Waals surface area contributed by atoms with Crippen LogP contribution in [0.15, 0.2) is 60.8 Å². The van der Waals surface area contributed by atoms with Crippen molar-refractivity contribution in [3.8, 4) is 0 Å². The summed E-state index contributed by atoms with van der Waals surface area (Å²) >= 11 is 12.2. The molecule has 2 aromatic carbocycles. The molecule has 3 rings (SSSR count). The molecule has 0 amide bonds. The number of rotatable bonds is 5. The molecular weight excluding hydrogens is 343 g/mol. The highest BCUT2D eigenvalue weighted by atomic mass is 35.5. The Morgan fingerprint density at radius 3 is 2.54 bits per heavy atom. The molecule has 0 saturated carbocycles. The second kappa shape index (κ2) is 7.51. The molecule has 122 valence electrons. The summed E-state index contributed by atoms with van der Waals surface area (Å²) in [5, 5.41) is 7.40. The van der Waals surface area contributed by atoms with Crippen LogP contribution in [0, 0.1) is 0 Å². The van der Waals surface area contributed by atoms with Gasteiger partial charge in [0.25, 0.3) is 0 Å². The van der Waals surface area contributed by atoms with Gasteiger partial charge in [0.15, 0.2) is 0 Å². The van der Waals surface area contributed by atoms with E-state index < -0.39 is 0 Å². The highest BCUT2D eigenvalue weighted by molar-refractivity contribution is 6.43. The minimum atomic E-state index is 0.0937. The van der Waals surface area contributed by atoms with Crippen LogP contribution in [0.4, 0.5) is 17.5 Å². The van der Waals surface area contributed by atoms with Crippen molar-refractivity contribution >= 4 is 40.7 Å². The Bertz CT molecular complexity index is 824. The lowest BCUT2D eigenvalue weighted by Gasteiger charge is -2.15. The van der Waals surface area contributed by atoms with Gasteiger partial charge in [-0.25, -0.2) is 4.98 Å². The first kappa shape index (κ1) is 16.6. The first-order valence-corrected chi connectivity index (χ1v) is 8.24. The van der Waals surface area contributed by atoms with Crippen LogP contribution in [0.5, 0.6) is 0 Å². The number of nitrogens with zero attached hydrogens (tertiary/aromatic N) is 2. The fraction of sp³-hybridized carbons (Fsp3) is 0.111. The number of anilines is 3. The van der Waals surface area contributed by atoms with E-state index in [0.29, 0.717) is 27.5 Å². The zero-order chi connectivity index (χ0) is 16.9. The van der Waals surface area contributed by atoms with Crippen molar-refractivity contribution in [3.05, 3.63) is 76.4 Å². The van der Waals surface area contributed by atoms with E-state index in [1.165, 1.54) is 0 Å². The summed E-state index contributed by atoms with van der Waals surface area (Å²) in [6.07, 6.45) is 1.69. The summed E-state index contributed by atoms with van der Waals surface area (Å²) in [7, 11) is 0. The van der Waals surface area contributed by atoms with E-state index in [-0.39, 0.29) is 6.04 Å². The molecule has 0 radical (unpaired) electrons. The van der Waals surface area contributed by atoms with Gasteiger partial charge in [-0.3, -0.25) is 0 Å². The van der Waals surface area contributed by atoms with E-state index >= 15 is 0 Å². The molecule has 0 aliphatic heterocycles. The number of hydrogen-bond donors (Lipinski definition) is 2. The molecule has 3 aromatic rings. The largest absolute Gasteiger partial charge is 0.348 e. The smallest absolute Gasteiger partial charge is 0.225 e. The predicted molar refractivity (Wildman–Crippen MR) is 100 cm³/mol. The molecule has 1 aromatic heterocycles. The maximum absolute atomic E-state index is 6.19. The minimum absolute atomic E-state index is 0.0937. The average Bonchev–Trinajstić information content (AvgIpc) is 2.60. The topological polar surface area (TPSA) is 49.8 Å². The summed E-state index contributed by atoms with van der Waals surface area (Å²) < 4.78 is 0. The summed E-state index contributed by atoms with van der Waals surface area (Å²) in [4.78, 5) is 8.73. The Morgan fingerprint density at radius 2 is 1.75 bits per heavy atom. The van der Waals surface area contributed by atoms with Crippen LogP contribution >= 0.6 is 23.2 Å². The molecule has 1 heterocycles. The first-order valence-electron chi connectivity index (χ1n) is 7.49. The van der Waals surface area contributed by atoms with Crippen LogP contribution in [-0.2, 0) is 0 Å². The lowest BCUT2D eigenvalue weighted by atomic mass is 10.1. The van der Waals surface area contributed by atoms with E-state index in [1.807, 2.05) is 30.3 Å². The number of benzene rings is 2.